The Bertz CT molecular complexity index is 1040. The topological polar surface area (TPSA) is 46.9 Å². The van der Waals surface area contributed by atoms with Crippen LogP contribution in [0.15, 0.2) is 42.5 Å². The minimum atomic E-state index is -2.80. The fourth-order valence-corrected chi connectivity index (χ4v) is 3.66. The molecule has 0 fully saturated rings. The zero-order valence-electron chi connectivity index (χ0n) is 14.5. The van der Waals surface area contributed by atoms with Crippen LogP contribution in [0.25, 0.3) is 11.1 Å². The molecule has 9 heteroatoms. The standard InChI is InChI=1S/C19H14Cl3F2N3O/c1-27-17(19(23)24)13(18(22)26-27)9-16(28)25-15-5-3-2-4-12(15)11-7-6-10(20)8-14(11)21/h2-8,19H,9H2,1H3,(H,25,28). The van der Waals surface area contributed by atoms with Crippen molar-refractivity contribution in [1.29, 1.82) is 0 Å². The van der Waals surface area contributed by atoms with Crippen molar-refractivity contribution in [3.05, 3.63) is 68.9 Å². The van der Waals surface area contributed by atoms with Gasteiger partial charge in [0.2, 0.25) is 5.91 Å². The molecule has 0 bridgehead atoms. The summed E-state index contributed by atoms with van der Waals surface area (Å²) in [5, 5.41) is 7.29. The Hall–Kier alpha value is -2.15. The number of amides is 1. The molecule has 3 aromatic rings. The van der Waals surface area contributed by atoms with Crippen molar-refractivity contribution in [2.45, 2.75) is 12.8 Å². The summed E-state index contributed by atoms with van der Waals surface area (Å²) in [6.07, 6.45) is -3.14. The highest BCUT2D eigenvalue weighted by atomic mass is 35.5. The van der Waals surface area contributed by atoms with E-state index in [0.29, 0.717) is 26.9 Å². The van der Waals surface area contributed by atoms with Crippen LogP contribution in [0.1, 0.15) is 17.7 Å². The molecule has 146 valence electrons. The minimum absolute atomic E-state index is 0.00123. The summed E-state index contributed by atoms with van der Waals surface area (Å²) in [7, 11) is 1.35. The van der Waals surface area contributed by atoms with Crippen LogP contribution in [0.2, 0.25) is 15.2 Å². The zero-order chi connectivity index (χ0) is 20.4. The normalized spacial score (nSPS) is 11.1. The Morgan fingerprint density at radius 2 is 1.86 bits per heavy atom. The monoisotopic (exact) mass is 443 g/mol. The number of nitrogens with zero attached hydrogens (tertiary/aromatic N) is 2. The van der Waals surface area contributed by atoms with Gasteiger partial charge in [-0.25, -0.2) is 8.78 Å². The molecule has 0 atom stereocenters. The van der Waals surface area contributed by atoms with Gasteiger partial charge in [0.1, 0.15) is 5.69 Å². The molecule has 0 saturated carbocycles. The third-order valence-electron chi connectivity index (χ3n) is 4.11. The van der Waals surface area contributed by atoms with Gasteiger partial charge in [0.05, 0.1) is 6.42 Å². The summed E-state index contributed by atoms with van der Waals surface area (Å²) in [6.45, 7) is 0. The van der Waals surface area contributed by atoms with E-state index < -0.39 is 12.3 Å². The lowest BCUT2D eigenvalue weighted by Gasteiger charge is -2.13. The van der Waals surface area contributed by atoms with Crippen LogP contribution >= 0.6 is 34.8 Å². The van der Waals surface area contributed by atoms with Crippen molar-refractivity contribution in [3.63, 3.8) is 0 Å². The van der Waals surface area contributed by atoms with Gasteiger partial charge >= 0.3 is 0 Å². The van der Waals surface area contributed by atoms with Crippen LogP contribution in [0.4, 0.5) is 14.5 Å². The second-order valence-corrected chi connectivity index (χ2v) is 7.18. The van der Waals surface area contributed by atoms with Crippen LogP contribution in [-0.2, 0) is 18.3 Å². The first kappa shape index (κ1) is 20.6. The molecular formula is C19H14Cl3F2N3O. The van der Waals surface area contributed by atoms with E-state index in [1.54, 1.807) is 42.5 Å². The Morgan fingerprint density at radius 1 is 1.14 bits per heavy atom. The molecule has 0 spiro atoms. The Kier molecular flexibility index (Phi) is 6.23. The molecule has 0 radical (unpaired) electrons. The van der Waals surface area contributed by atoms with Gasteiger partial charge in [-0.2, -0.15) is 5.10 Å². The SMILES string of the molecule is Cn1nc(Cl)c(CC(=O)Nc2ccccc2-c2ccc(Cl)cc2Cl)c1C(F)F. The summed E-state index contributed by atoms with van der Waals surface area (Å²) in [5.41, 5.74) is 1.45. The van der Waals surface area contributed by atoms with Gasteiger partial charge in [0.25, 0.3) is 6.43 Å². The van der Waals surface area contributed by atoms with Crippen LogP contribution in [-0.4, -0.2) is 15.7 Å². The maximum Gasteiger partial charge on any atom is 0.280 e. The number of benzene rings is 2. The summed E-state index contributed by atoms with van der Waals surface area (Å²) >= 11 is 18.1. The predicted octanol–water partition coefficient (Wildman–Crippen LogP) is 6.17. The molecule has 4 nitrogen and oxygen atoms in total. The number of alkyl halides is 2. The molecule has 1 aromatic heterocycles. The van der Waals surface area contributed by atoms with Crippen molar-refractivity contribution >= 4 is 46.4 Å². The molecule has 0 aliphatic rings. The summed E-state index contributed by atoms with van der Waals surface area (Å²) in [4.78, 5) is 12.5. The van der Waals surface area contributed by atoms with E-state index in [1.165, 1.54) is 7.05 Å². The molecule has 1 heterocycles. The average molecular weight is 445 g/mol. The number of nitrogens with one attached hydrogen (secondary N) is 1. The number of anilines is 1. The van der Waals surface area contributed by atoms with Crippen LogP contribution in [0, 0.1) is 0 Å². The van der Waals surface area contributed by atoms with Gasteiger partial charge in [-0.15, -0.1) is 0 Å². The quantitative estimate of drug-likeness (QED) is 0.512. The molecule has 1 amide bonds. The van der Waals surface area contributed by atoms with E-state index in [-0.39, 0.29) is 22.8 Å². The lowest BCUT2D eigenvalue weighted by atomic mass is 10.0. The van der Waals surface area contributed by atoms with Crippen molar-refractivity contribution in [1.82, 2.24) is 9.78 Å². The number of rotatable bonds is 5. The first-order valence-corrected chi connectivity index (χ1v) is 9.25. The third kappa shape index (κ3) is 4.29. The third-order valence-corrected chi connectivity index (χ3v) is 4.96. The molecule has 3 rings (SSSR count). The fraction of sp³-hybridized carbons (Fsp3) is 0.158. The highest BCUT2D eigenvalue weighted by molar-refractivity contribution is 6.36. The first-order valence-electron chi connectivity index (χ1n) is 8.11. The second-order valence-electron chi connectivity index (χ2n) is 5.97. The number of aromatic nitrogens is 2. The molecule has 28 heavy (non-hydrogen) atoms. The molecule has 1 N–H and O–H groups in total. The van der Waals surface area contributed by atoms with Crippen molar-refractivity contribution in [2.24, 2.45) is 7.05 Å². The maximum atomic E-state index is 13.3. The first-order chi connectivity index (χ1) is 13.3. The van der Waals surface area contributed by atoms with E-state index in [9.17, 15) is 13.6 Å². The lowest BCUT2D eigenvalue weighted by Crippen LogP contribution is -2.16. The van der Waals surface area contributed by atoms with Gasteiger partial charge in [-0.05, 0) is 18.2 Å². The van der Waals surface area contributed by atoms with Gasteiger partial charge in [0, 0.05) is 39.5 Å². The summed E-state index contributed by atoms with van der Waals surface area (Å²) in [5.74, 6) is -0.505. The minimum Gasteiger partial charge on any atom is -0.325 e. The van der Waals surface area contributed by atoms with Crippen molar-refractivity contribution in [3.8, 4) is 11.1 Å². The van der Waals surface area contributed by atoms with Gasteiger partial charge < -0.3 is 5.32 Å². The van der Waals surface area contributed by atoms with E-state index in [2.05, 4.69) is 10.4 Å². The van der Waals surface area contributed by atoms with Crippen LogP contribution in [0.5, 0.6) is 0 Å². The Balaban J connectivity index is 1.89. The lowest BCUT2D eigenvalue weighted by molar-refractivity contribution is -0.115. The number of halogens is 5. The molecule has 0 unspecified atom stereocenters. The second kappa shape index (κ2) is 8.47. The number of aryl methyl sites for hydroxylation is 1. The largest absolute Gasteiger partial charge is 0.325 e. The van der Waals surface area contributed by atoms with E-state index in [4.69, 9.17) is 34.8 Å². The summed E-state index contributed by atoms with van der Waals surface area (Å²) < 4.78 is 27.5. The number of hydrogen-bond donors (Lipinski definition) is 1. The highest BCUT2D eigenvalue weighted by Crippen LogP contribution is 2.35. The zero-order valence-corrected chi connectivity index (χ0v) is 16.8. The van der Waals surface area contributed by atoms with Gasteiger partial charge in [0.15, 0.2) is 5.15 Å². The average Bonchev–Trinajstić information content (AvgIpc) is 2.89. The maximum absolute atomic E-state index is 13.3. The van der Waals surface area contributed by atoms with E-state index in [0.717, 1.165) is 4.68 Å². The predicted molar refractivity (Wildman–Crippen MR) is 107 cm³/mol. The fourth-order valence-electron chi connectivity index (χ4n) is 2.87. The molecule has 0 aliphatic heterocycles. The summed E-state index contributed by atoms with van der Waals surface area (Å²) in [6, 6.07) is 12.0. The van der Waals surface area contributed by atoms with E-state index >= 15 is 0 Å². The Morgan fingerprint density at radius 3 is 2.54 bits per heavy atom. The van der Waals surface area contributed by atoms with Crippen LogP contribution < -0.4 is 5.32 Å². The van der Waals surface area contributed by atoms with Crippen molar-refractivity contribution < 1.29 is 13.6 Å². The number of carbonyl (C=O) groups excluding carboxylic acids is 1. The van der Waals surface area contributed by atoms with Crippen molar-refractivity contribution in [2.75, 3.05) is 5.32 Å². The number of carbonyl (C=O) groups is 1. The smallest absolute Gasteiger partial charge is 0.280 e. The number of hydrogen-bond acceptors (Lipinski definition) is 2. The van der Waals surface area contributed by atoms with E-state index in [1.807, 2.05) is 0 Å². The molecule has 0 saturated heterocycles. The molecule has 2 aromatic carbocycles. The molecule has 0 aliphatic carbocycles. The number of para-hydroxylation sites is 1. The molecular weight excluding hydrogens is 431 g/mol. The van der Waals surface area contributed by atoms with Gasteiger partial charge in [-0.1, -0.05) is 59.1 Å². The Labute approximate surface area is 175 Å². The van der Waals surface area contributed by atoms with Gasteiger partial charge in [-0.3, -0.25) is 9.48 Å². The highest BCUT2D eigenvalue weighted by Gasteiger charge is 2.24. The van der Waals surface area contributed by atoms with Crippen LogP contribution in [0.3, 0.4) is 0 Å².